The predicted octanol–water partition coefficient (Wildman–Crippen LogP) is 14.4. The van der Waals surface area contributed by atoms with Gasteiger partial charge in [0.05, 0.1) is 0 Å². The van der Waals surface area contributed by atoms with Crippen molar-refractivity contribution in [1.82, 2.24) is 0 Å². The Balaban J connectivity index is 4.18. The van der Waals surface area contributed by atoms with Crippen LogP contribution < -0.4 is 0 Å². The molecule has 0 aromatic carbocycles. The van der Waals surface area contributed by atoms with E-state index in [0.29, 0.717) is 19.3 Å². The number of carbonyl (C=O) groups is 3. The average Bonchev–Trinajstić information content (AvgIpc) is 3.15. The van der Waals surface area contributed by atoms with Gasteiger partial charge in [-0.15, -0.1) is 0 Å². The smallest absolute Gasteiger partial charge is 0.306 e. The fraction of sp³-hybridized carbons (Fsp3) is 0.851. The van der Waals surface area contributed by atoms with Crippen LogP contribution >= 0.6 is 0 Å². The van der Waals surface area contributed by atoms with Crippen LogP contribution in [-0.4, -0.2) is 37.2 Å². The monoisotopic (exact) mass is 747 g/mol. The zero-order valence-electron chi connectivity index (χ0n) is 35.3. The van der Waals surface area contributed by atoms with E-state index in [2.05, 4.69) is 45.1 Å². The van der Waals surface area contributed by atoms with E-state index >= 15 is 0 Å². The Morgan fingerprint density at radius 2 is 0.623 bits per heavy atom. The second kappa shape index (κ2) is 42.6. The maximum atomic E-state index is 12.5. The van der Waals surface area contributed by atoms with Crippen LogP contribution in [0.15, 0.2) is 24.3 Å². The second-order valence-corrected chi connectivity index (χ2v) is 15.3. The summed E-state index contributed by atoms with van der Waals surface area (Å²) in [7, 11) is 0. The molecule has 0 unspecified atom stereocenters. The Labute approximate surface area is 328 Å². The Morgan fingerprint density at radius 3 is 0.943 bits per heavy atom. The van der Waals surface area contributed by atoms with Gasteiger partial charge in [-0.1, -0.05) is 173 Å². The first-order valence-corrected chi connectivity index (χ1v) is 22.8. The Hall–Kier alpha value is -2.11. The van der Waals surface area contributed by atoms with Gasteiger partial charge in [-0.2, -0.15) is 0 Å². The molecular formula is C47H86O6. The first kappa shape index (κ1) is 50.9. The molecule has 0 rings (SSSR count). The van der Waals surface area contributed by atoms with Crippen LogP contribution in [0.5, 0.6) is 0 Å². The van der Waals surface area contributed by atoms with Gasteiger partial charge in [0.15, 0.2) is 6.10 Å². The van der Waals surface area contributed by atoms with Crippen molar-refractivity contribution in [1.29, 1.82) is 0 Å². The molecule has 6 nitrogen and oxygen atoms in total. The summed E-state index contributed by atoms with van der Waals surface area (Å²) in [5, 5.41) is 0. The maximum absolute atomic E-state index is 12.5. The lowest BCUT2D eigenvalue weighted by Crippen LogP contribution is -2.30. The molecule has 310 valence electrons. The lowest BCUT2D eigenvalue weighted by Gasteiger charge is -2.18. The minimum absolute atomic E-state index is 0.0772. The van der Waals surface area contributed by atoms with E-state index in [1.54, 1.807) is 0 Å². The van der Waals surface area contributed by atoms with Crippen LogP contribution in [0.1, 0.15) is 239 Å². The molecular weight excluding hydrogens is 661 g/mol. The summed E-state index contributed by atoms with van der Waals surface area (Å²) in [5.41, 5.74) is 0. The van der Waals surface area contributed by atoms with Gasteiger partial charge >= 0.3 is 17.9 Å². The largest absolute Gasteiger partial charge is 0.462 e. The Bertz CT molecular complexity index is 809. The Morgan fingerprint density at radius 1 is 0.358 bits per heavy atom. The molecule has 0 atom stereocenters. The first-order chi connectivity index (χ1) is 26.0. The van der Waals surface area contributed by atoms with Crippen molar-refractivity contribution in [3.8, 4) is 0 Å². The van der Waals surface area contributed by atoms with Crippen LogP contribution in [0, 0.1) is 0 Å². The second-order valence-electron chi connectivity index (χ2n) is 15.3. The van der Waals surface area contributed by atoms with Crippen LogP contribution in [0.3, 0.4) is 0 Å². The van der Waals surface area contributed by atoms with Crippen LogP contribution in [0.2, 0.25) is 0 Å². The van der Waals surface area contributed by atoms with Crippen molar-refractivity contribution in [2.75, 3.05) is 13.2 Å². The fourth-order valence-corrected chi connectivity index (χ4v) is 6.43. The molecule has 0 aromatic rings. The minimum Gasteiger partial charge on any atom is -0.462 e. The van der Waals surface area contributed by atoms with Crippen molar-refractivity contribution >= 4 is 17.9 Å². The number of ether oxygens (including phenoxy) is 3. The molecule has 0 aromatic heterocycles. The normalized spacial score (nSPS) is 11.6. The van der Waals surface area contributed by atoms with Crippen molar-refractivity contribution in [2.45, 2.75) is 245 Å². The quantitative estimate of drug-likeness (QED) is 0.0268. The number of rotatable bonds is 41. The lowest BCUT2D eigenvalue weighted by molar-refractivity contribution is -0.167. The van der Waals surface area contributed by atoms with E-state index in [1.165, 1.54) is 116 Å². The summed E-state index contributed by atoms with van der Waals surface area (Å²) < 4.78 is 16.6. The van der Waals surface area contributed by atoms with Gasteiger partial charge in [-0.3, -0.25) is 14.4 Å². The average molecular weight is 747 g/mol. The van der Waals surface area contributed by atoms with Crippen molar-refractivity contribution in [3.63, 3.8) is 0 Å². The van der Waals surface area contributed by atoms with Crippen molar-refractivity contribution in [3.05, 3.63) is 24.3 Å². The molecule has 0 amide bonds. The molecule has 0 N–H and O–H groups in total. The van der Waals surface area contributed by atoms with Crippen molar-refractivity contribution < 1.29 is 28.6 Å². The van der Waals surface area contributed by atoms with Gasteiger partial charge in [-0.05, 0) is 70.6 Å². The van der Waals surface area contributed by atoms with E-state index in [9.17, 15) is 14.4 Å². The number of allylic oxidation sites excluding steroid dienone is 4. The molecule has 0 aliphatic carbocycles. The van der Waals surface area contributed by atoms with E-state index in [4.69, 9.17) is 14.2 Å². The molecule has 0 aliphatic rings. The molecule has 0 fully saturated rings. The van der Waals surface area contributed by atoms with Gasteiger partial charge in [0, 0.05) is 19.3 Å². The zero-order chi connectivity index (χ0) is 38.7. The van der Waals surface area contributed by atoms with Gasteiger partial charge in [0.2, 0.25) is 0 Å². The fourth-order valence-electron chi connectivity index (χ4n) is 6.43. The third kappa shape index (κ3) is 40.9. The first-order valence-electron chi connectivity index (χ1n) is 22.8. The van der Waals surface area contributed by atoms with Crippen molar-refractivity contribution in [2.24, 2.45) is 0 Å². The summed E-state index contributed by atoms with van der Waals surface area (Å²) in [6.45, 7) is 6.53. The zero-order valence-corrected chi connectivity index (χ0v) is 35.3. The highest BCUT2D eigenvalue weighted by Gasteiger charge is 2.19. The molecule has 0 bridgehead atoms. The summed E-state index contributed by atoms with van der Waals surface area (Å²) >= 11 is 0. The molecule has 0 spiro atoms. The number of carbonyl (C=O) groups excluding carboxylic acids is 3. The third-order valence-corrected chi connectivity index (χ3v) is 9.93. The van der Waals surface area contributed by atoms with E-state index in [1.807, 2.05) is 0 Å². The van der Waals surface area contributed by atoms with Gasteiger partial charge in [0.25, 0.3) is 0 Å². The standard InChI is InChI=1S/C47H86O6/c1-4-7-10-13-15-17-19-21-23-25-27-29-31-34-36-39-45(48)51-42-44(53-47(50)41-38-33-12-9-6-3)43-52-46(49)40-37-35-32-30-28-26-24-22-20-18-16-14-11-8-5-2/h21-24,44H,4-20,25-43H2,1-3H3/b23-21+,24-22+. The SMILES string of the molecule is CCCCCCCC/C=C/CCCCCCCC(=O)OCC(COC(=O)CCCCCCC/C=C/CCCCCCCC)OC(=O)CCCCCCC. The number of hydrogen-bond donors (Lipinski definition) is 0. The van der Waals surface area contributed by atoms with E-state index < -0.39 is 6.10 Å². The predicted molar refractivity (Wildman–Crippen MR) is 224 cm³/mol. The molecule has 0 aliphatic heterocycles. The molecule has 0 heterocycles. The van der Waals surface area contributed by atoms with Crippen LogP contribution in [0.4, 0.5) is 0 Å². The van der Waals surface area contributed by atoms with Gasteiger partial charge in [-0.25, -0.2) is 0 Å². The molecule has 53 heavy (non-hydrogen) atoms. The van der Waals surface area contributed by atoms with Gasteiger partial charge < -0.3 is 14.2 Å². The van der Waals surface area contributed by atoms with E-state index in [-0.39, 0.29) is 31.1 Å². The highest BCUT2D eigenvalue weighted by atomic mass is 16.6. The minimum atomic E-state index is -0.769. The highest BCUT2D eigenvalue weighted by Crippen LogP contribution is 2.13. The number of unbranched alkanes of at least 4 members (excludes halogenated alkanes) is 26. The molecule has 6 heteroatoms. The molecule has 0 radical (unpaired) electrons. The third-order valence-electron chi connectivity index (χ3n) is 9.93. The summed E-state index contributed by atoms with van der Waals surface area (Å²) in [4.78, 5) is 37.4. The molecule has 0 saturated heterocycles. The summed E-state index contributed by atoms with van der Waals surface area (Å²) in [5.74, 6) is -0.904. The Kier molecular flexibility index (Phi) is 40.9. The summed E-state index contributed by atoms with van der Waals surface area (Å²) in [6, 6.07) is 0. The lowest BCUT2D eigenvalue weighted by atomic mass is 10.1. The highest BCUT2D eigenvalue weighted by molar-refractivity contribution is 5.71. The molecule has 0 saturated carbocycles. The van der Waals surface area contributed by atoms with Crippen LogP contribution in [0.25, 0.3) is 0 Å². The van der Waals surface area contributed by atoms with E-state index in [0.717, 1.165) is 83.5 Å². The van der Waals surface area contributed by atoms with Gasteiger partial charge in [0.1, 0.15) is 13.2 Å². The summed E-state index contributed by atoms with van der Waals surface area (Å²) in [6.07, 6.45) is 46.2. The number of hydrogen-bond acceptors (Lipinski definition) is 6. The topological polar surface area (TPSA) is 78.9 Å². The number of esters is 3. The maximum Gasteiger partial charge on any atom is 0.306 e. The van der Waals surface area contributed by atoms with Crippen LogP contribution in [-0.2, 0) is 28.6 Å².